The maximum atomic E-state index is 6.59. The van der Waals surface area contributed by atoms with Crippen molar-refractivity contribution in [3.05, 3.63) is 205 Å². The summed E-state index contributed by atoms with van der Waals surface area (Å²) in [6.45, 7) is 4.78. The molecule has 10 aromatic carbocycles. The zero-order valence-electron chi connectivity index (χ0n) is 32.4. The predicted octanol–water partition coefficient (Wildman–Crippen LogP) is 16.0. The maximum absolute atomic E-state index is 6.59. The van der Waals surface area contributed by atoms with E-state index in [4.69, 9.17) is 4.42 Å². The van der Waals surface area contributed by atoms with Gasteiger partial charge in [-0.25, -0.2) is 0 Å². The highest BCUT2D eigenvalue weighted by Crippen LogP contribution is 2.54. The Morgan fingerprint density at radius 2 is 0.845 bits per heavy atom. The van der Waals surface area contributed by atoms with Crippen LogP contribution in [0.1, 0.15) is 25.0 Å². The third kappa shape index (κ3) is 4.71. The minimum atomic E-state index is -0.127. The smallest absolute Gasteiger partial charge is 0.143 e. The van der Waals surface area contributed by atoms with Crippen LogP contribution in [0.3, 0.4) is 0 Å². The second-order valence-corrected chi connectivity index (χ2v) is 16.3. The fourth-order valence-corrected chi connectivity index (χ4v) is 10.2. The van der Waals surface area contributed by atoms with Gasteiger partial charge < -0.3 is 4.42 Å². The molecule has 0 saturated heterocycles. The van der Waals surface area contributed by atoms with Gasteiger partial charge in [-0.3, -0.25) is 0 Å². The number of fused-ring (bicyclic) bond motifs is 9. The molecule has 11 aromatic rings. The third-order valence-corrected chi connectivity index (χ3v) is 12.8. The summed E-state index contributed by atoms with van der Waals surface area (Å²) in [5, 5.41) is 9.81. The minimum Gasteiger partial charge on any atom is -0.455 e. The largest absolute Gasteiger partial charge is 0.455 e. The van der Waals surface area contributed by atoms with Crippen molar-refractivity contribution in [2.75, 3.05) is 0 Å². The molecule has 272 valence electrons. The summed E-state index contributed by atoms with van der Waals surface area (Å²) in [4.78, 5) is 0. The molecule has 0 atom stereocenters. The van der Waals surface area contributed by atoms with Crippen LogP contribution in [0, 0.1) is 0 Å². The molecule has 58 heavy (non-hydrogen) atoms. The summed E-state index contributed by atoms with van der Waals surface area (Å²) in [5.41, 5.74) is 16.9. The van der Waals surface area contributed by atoms with Crippen LogP contribution in [0.5, 0.6) is 0 Å². The molecule has 0 fully saturated rings. The number of benzene rings is 10. The Balaban J connectivity index is 1.03. The topological polar surface area (TPSA) is 13.1 Å². The van der Waals surface area contributed by atoms with Gasteiger partial charge in [-0.05, 0) is 112 Å². The van der Waals surface area contributed by atoms with E-state index in [-0.39, 0.29) is 5.41 Å². The summed E-state index contributed by atoms with van der Waals surface area (Å²) in [6.07, 6.45) is 0. The lowest BCUT2D eigenvalue weighted by Crippen LogP contribution is -2.16. The van der Waals surface area contributed by atoms with Crippen molar-refractivity contribution >= 4 is 54.3 Å². The van der Waals surface area contributed by atoms with Gasteiger partial charge in [-0.2, -0.15) is 0 Å². The Bertz CT molecular complexity index is 3410. The van der Waals surface area contributed by atoms with Crippen LogP contribution in [0.2, 0.25) is 0 Å². The highest BCUT2D eigenvalue weighted by Gasteiger charge is 2.37. The Morgan fingerprint density at radius 3 is 1.57 bits per heavy atom. The summed E-state index contributed by atoms with van der Waals surface area (Å²) in [7, 11) is 0. The molecule has 0 bridgehead atoms. The standard InChI is InChI=1S/C57H38O/c1-57(2)51-34-38-16-4-3-15-37(38)33-50(51)47-25-13-24-39(55(47)57)35-29-31-36(32-30-35)53-43-20-7-9-22-45(43)54(46-23-10-8-21-44(46)53)42-19-6-5-17-40(42)48-26-14-27-49-41-18-11-12-28-52(41)58-56(48)49/h3-34H,1-2H3. The van der Waals surface area contributed by atoms with E-state index in [9.17, 15) is 0 Å². The molecule has 0 unspecified atom stereocenters. The molecule has 0 spiro atoms. The second kappa shape index (κ2) is 12.4. The molecule has 1 aliphatic rings. The van der Waals surface area contributed by atoms with Gasteiger partial charge in [0, 0.05) is 21.8 Å². The third-order valence-electron chi connectivity index (χ3n) is 12.8. The average Bonchev–Trinajstić information content (AvgIpc) is 3.76. The minimum absolute atomic E-state index is 0.127. The first-order valence-corrected chi connectivity index (χ1v) is 20.3. The Labute approximate surface area is 337 Å². The van der Waals surface area contributed by atoms with Crippen LogP contribution < -0.4 is 0 Å². The fourth-order valence-electron chi connectivity index (χ4n) is 10.2. The summed E-state index contributed by atoms with van der Waals surface area (Å²) >= 11 is 0. The molecule has 0 amide bonds. The first kappa shape index (κ1) is 33.0. The molecule has 1 heterocycles. The number of hydrogen-bond acceptors (Lipinski definition) is 1. The van der Waals surface area contributed by atoms with E-state index in [0.29, 0.717) is 0 Å². The van der Waals surface area contributed by atoms with Crippen LogP contribution in [0.25, 0.3) is 110 Å². The molecule has 1 aliphatic carbocycles. The molecule has 12 rings (SSSR count). The van der Waals surface area contributed by atoms with Crippen LogP contribution in [-0.4, -0.2) is 0 Å². The Morgan fingerprint density at radius 1 is 0.345 bits per heavy atom. The predicted molar refractivity (Wildman–Crippen MR) is 246 cm³/mol. The van der Waals surface area contributed by atoms with Crippen LogP contribution in [0.15, 0.2) is 199 Å². The summed E-state index contributed by atoms with van der Waals surface area (Å²) in [6, 6.07) is 71.3. The number of furan rings is 1. The average molecular weight is 739 g/mol. The second-order valence-electron chi connectivity index (χ2n) is 16.3. The lowest BCUT2D eigenvalue weighted by Gasteiger charge is -2.25. The number of hydrogen-bond donors (Lipinski definition) is 0. The first-order chi connectivity index (χ1) is 28.5. The van der Waals surface area contributed by atoms with Crippen molar-refractivity contribution in [2.24, 2.45) is 0 Å². The molecule has 1 heteroatoms. The molecule has 0 radical (unpaired) electrons. The van der Waals surface area contributed by atoms with Gasteiger partial charge in [0.25, 0.3) is 0 Å². The van der Waals surface area contributed by atoms with Crippen molar-refractivity contribution in [1.29, 1.82) is 0 Å². The van der Waals surface area contributed by atoms with E-state index < -0.39 is 0 Å². The van der Waals surface area contributed by atoms with Crippen LogP contribution >= 0.6 is 0 Å². The molecular formula is C57H38O. The Hall–Kier alpha value is -7.22. The van der Waals surface area contributed by atoms with Gasteiger partial charge >= 0.3 is 0 Å². The summed E-state index contributed by atoms with van der Waals surface area (Å²) < 4.78 is 6.59. The monoisotopic (exact) mass is 738 g/mol. The SMILES string of the molecule is CC1(C)c2cc3ccccc3cc2-c2cccc(-c3ccc(-c4c5ccccc5c(-c5ccccc5-c5cccc6c5oc5ccccc56)c5ccccc45)cc3)c21. The Kier molecular flexibility index (Phi) is 7.04. The molecule has 0 aliphatic heterocycles. The zero-order valence-corrected chi connectivity index (χ0v) is 32.4. The number of rotatable bonds is 4. The highest BCUT2D eigenvalue weighted by molar-refractivity contribution is 6.23. The van der Waals surface area contributed by atoms with Gasteiger partial charge in [0.05, 0.1) is 0 Å². The van der Waals surface area contributed by atoms with Crippen LogP contribution in [0.4, 0.5) is 0 Å². The summed E-state index contributed by atoms with van der Waals surface area (Å²) in [5.74, 6) is 0. The van der Waals surface area contributed by atoms with Gasteiger partial charge in [0.2, 0.25) is 0 Å². The van der Waals surface area contributed by atoms with Gasteiger partial charge in [0.1, 0.15) is 11.2 Å². The fraction of sp³-hybridized carbons (Fsp3) is 0.0526. The van der Waals surface area contributed by atoms with Crippen molar-refractivity contribution in [3.8, 4) is 55.6 Å². The van der Waals surface area contributed by atoms with Crippen LogP contribution in [-0.2, 0) is 5.41 Å². The molecule has 0 N–H and O–H groups in total. The van der Waals surface area contributed by atoms with Gasteiger partial charge in [0.15, 0.2) is 0 Å². The van der Waals surface area contributed by atoms with E-state index in [0.717, 1.165) is 33.1 Å². The molecule has 1 nitrogen and oxygen atoms in total. The van der Waals surface area contributed by atoms with E-state index >= 15 is 0 Å². The van der Waals surface area contributed by atoms with Crippen molar-refractivity contribution in [1.82, 2.24) is 0 Å². The quantitative estimate of drug-likeness (QED) is 0.164. The lowest BCUT2D eigenvalue weighted by molar-refractivity contribution is 0.663. The highest BCUT2D eigenvalue weighted by atomic mass is 16.3. The van der Waals surface area contributed by atoms with E-state index in [1.807, 2.05) is 6.07 Å². The van der Waals surface area contributed by atoms with Crippen molar-refractivity contribution in [2.45, 2.75) is 19.3 Å². The number of para-hydroxylation sites is 2. The molecule has 1 aromatic heterocycles. The van der Waals surface area contributed by atoms with Gasteiger partial charge in [-0.1, -0.05) is 190 Å². The normalized spacial score (nSPS) is 13.1. The lowest BCUT2D eigenvalue weighted by atomic mass is 9.78. The van der Waals surface area contributed by atoms with E-state index in [1.165, 1.54) is 88.0 Å². The van der Waals surface area contributed by atoms with Gasteiger partial charge in [-0.15, -0.1) is 0 Å². The maximum Gasteiger partial charge on any atom is 0.143 e. The van der Waals surface area contributed by atoms with E-state index in [1.54, 1.807) is 0 Å². The zero-order chi connectivity index (χ0) is 38.5. The van der Waals surface area contributed by atoms with Crippen molar-refractivity contribution < 1.29 is 4.42 Å². The first-order valence-electron chi connectivity index (χ1n) is 20.3. The van der Waals surface area contributed by atoms with Crippen molar-refractivity contribution in [3.63, 3.8) is 0 Å². The molecular weight excluding hydrogens is 701 g/mol. The van der Waals surface area contributed by atoms with E-state index in [2.05, 4.69) is 202 Å². The molecule has 0 saturated carbocycles.